The summed E-state index contributed by atoms with van der Waals surface area (Å²) in [6, 6.07) is 8.53. The van der Waals surface area contributed by atoms with Crippen LogP contribution >= 0.6 is 40.7 Å². The van der Waals surface area contributed by atoms with Crippen LogP contribution in [0.2, 0.25) is 0 Å². The van der Waals surface area contributed by atoms with Crippen molar-refractivity contribution in [2.45, 2.75) is 31.7 Å². The summed E-state index contributed by atoms with van der Waals surface area (Å²) in [4.78, 5) is 15.0. The summed E-state index contributed by atoms with van der Waals surface area (Å²) in [5, 5.41) is 3.21. The van der Waals surface area contributed by atoms with Gasteiger partial charge in [0.25, 0.3) is 0 Å². The molecule has 4 nitrogen and oxygen atoms in total. The molecule has 146 valence electrons. The Bertz CT molecular complexity index is 631. The van der Waals surface area contributed by atoms with E-state index in [4.69, 9.17) is 5.73 Å². The molecule has 4 rings (SSSR count). The molecule has 7 heteroatoms. The van der Waals surface area contributed by atoms with Gasteiger partial charge in [-0.2, -0.15) is 0 Å². The van der Waals surface area contributed by atoms with Crippen LogP contribution in [0.4, 0.5) is 5.69 Å². The lowest BCUT2D eigenvalue weighted by Gasteiger charge is -2.27. The highest BCUT2D eigenvalue weighted by Gasteiger charge is 2.49. The van der Waals surface area contributed by atoms with Crippen molar-refractivity contribution in [2.24, 2.45) is 29.4 Å². The number of nitrogens with one attached hydrogen (secondary N) is 1. The van der Waals surface area contributed by atoms with E-state index in [0.717, 1.165) is 30.5 Å². The molecule has 3 fully saturated rings. The van der Waals surface area contributed by atoms with Crippen LogP contribution in [0.5, 0.6) is 0 Å². The number of hydrogen-bond donors (Lipinski definition) is 2. The topological polar surface area (TPSA) is 58.4 Å². The fourth-order valence-corrected chi connectivity index (χ4v) is 5.38. The maximum Gasteiger partial charge on any atom is 0.224 e. The van der Waals surface area contributed by atoms with Gasteiger partial charge in [0, 0.05) is 35.8 Å². The minimum atomic E-state index is 0. The van der Waals surface area contributed by atoms with Gasteiger partial charge in [-0.3, -0.25) is 4.79 Å². The molecule has 5 atom stereocenters. The van der Waals surface area contributed by atoms with Gasteiger partial charge in [-0.15, -0.1) is 24.8 Å². The summed E-state index contributed by atoms with van der Waals surface area (Å²) in [5.74, 6) is 1.92. The van der Waals surface area contributed by atoms with Crippen LogP contribution in [0.15, 0.2) is 28.7 Å². The molecule has 3 aliphatic rings. The fraction of sp³-hybridized carbons (Fsp3) is 0.632. The molecule has 1 amide bonds. The van der Waals surface area contributed by atoms with Crippen LogP contribution < -0.4 is 16.0 Å². The predicted octanol–water partition coefficient (Wildman–Crippen LogP) is 3.61. The lowest BCUT2D eigenvalue weighted by Crippen LogP contribution is -2.46. The van der Waals surface area contributed by atoms with Gasteiger partial charge in [0.05, 0.1) is 5.92 Å². The zero-order chi connectivity index (χ0) is 16.7. The Morgan fingerprint density at radius 1 is 1.23 bits per heavy atom. The van der Waals surface area contributed by atoms with Crippen molar-refractivity contribution in [3.63, 3.8) is 0 Å². The Morgan fingerprint density at radius 2 is 2.00 bits per heavy atom. The van der Waals surface area contributed by atoms with Gasteiger partial charge in [-0.05, 0) is 61.6 Å². The lowest BCUT2D eigenvalue weighted by molar-refractivity contribution is -0.127. The first kappa shape index (κ1) is 21.8. The van der Waals surface area contributed by atoms with Crippen molar-refractivity contribution >= 4 is 52.3 Å². The van der Waals surface area contributed by atoms with Crippen molar-refractivity contribution < 1.29 is 4.79 Å². The molecule has 2 bridgehead atoms. The number of anilines is 1. The first-order valence-electron chi connectivity index (χ1n) is 9.15. The molecule has 1 saturated heterocycles. The van der Waals surface area contributed by atoms with Crippen LogP contribution in [0.3, 0.4) is 0 Å². The molecular weight excluding hydrogens is 437 g/mol. The summed E-state index contributed by atoms with van der Waals surface area (Å²) < 4.78 is 1.11. The number of hydrogen-bond acceptors (Lipinski definition) is 3. The Balaban J connectivity index is 0.00000121. The van der Waals surface area contributed by atoms with Crippen molar-refractivity contribution in [3.05, 3.63) is 28.7 Å². The molecule has 5 unspecified atom stereocenters. The van der Waals surface area contributed by atoms with E-state index in [1.807, 2.05) is 0 Å². The van der Waals surface area contributed by atoms with E-state index in [0.29, 0.717) is 17.8 Å². The molecule has 2 aliphatic carbocycles. The number of rotatable bonds is 4. The molecule has 26 heavy (non-hydrogen) atoms. The Morgan fingerprint density at radius 3 is 2.69 bits per heavy atom. The minimum absolute atomic E-state index is 0. The molecule has 3 N–H and O–H groups in total. The molecule has 1 aliphatic heterocycles. The van der Waals surface area contributed by atoms with Crippen molar-refractivity contribution in [3.8, 4) is 0 Å². The van der Waals surface area contributed by atoms with E-state index >= 15 is 0 Å². The highest BCUT2D eigenvalue weighted by Crippen LogP contribution is 2.47. The van der Waals surface area contributed by atoms with Crippen LogP contribution in [0.25, 0.3) is 0 Å². The Labute approximate surface area is 176 Å². The maximum absolute atomic E-state index is 12.6. The van der Waals surface area contributed by atoms with E-state index in [1.165, 1.54) is 24.9 Å². The highest BCUT2D eigenvalue weighted by molar-refractivity contribution is 9.10. The van der Waals surface area contributed by atoms with E-state index in [-0.39, 0.29) is 42.7 Å². The van der Waals surface area contributed by atoms with Gasteiger partial charge in [0.15, 0.2) is 0 Å². The largest absolute Gasteiger partial charge is 0.371 e. The van der Waals surface area contributed by atoms with E-state index < -0.39 is 0 Å². The monoisotopic (exact) mass is 463 g/mol. The second-order valence-electron chi connectivity index (χ2n) is 7.76. The standard InChI is InChI=1S/C19H26BrN3O.2ClH/c20-15-2-1-3-16(9-15)23-7-6-12(11-23)10-22-19(24)17-13-4-5-14(8-13)18(17)21;;/h1-3,9,12-14,17-18H,4-8,10-11,21H2,(H,22,24);2*1H. The number of amides is 1. The number of halogens is 3. The SMILES string of the molecule is Cl.Cl.NC1C2CCC(C2)C1C(=O)NCC1CCN(c2cccc(Br)c2)C1. The van der Waals surface area contributed by atoms with E-state index in [1.54, 1.807) is 0 Å². The van der Waals surface area contributed by atoms with E-state index in [2.05, 4.69) is 50.4 Å². The van der Waals surface area contributed by atoms with Crippen LogP contribution in [-0.2, 0) is 4.79 Å². The number of benzene rings is 1. The highest BCUT2D eigenvalue weighted by atomic mass is 79.9. The predicted molar refractivity (Wildman–Crippen MR) is 114 cm³/mol. The molecule has 1 aromatic carbocycles. The minimum Gasteiger partial charge on any atom is -0.371 e. The molecule has 1 aromatic rings. The maximum atomic E-state index is 12.6. The average Bonchev–Trinajstić information content (AvgIpc) is 3.28. The van der Waals surface area contributed by atoms with Gasteiger partial charge in [-0.25, -0.2) is 0 Å². The van der Waals surface area contributed by atoms with Gasteiger partial charge in [-0.1, -0.05) is 22.0 Å². The molecule has 0 aromatic heterocycles. The molecular formula is C19H28BrCl2N3O. The third-order valence-electron chi connectivity index (χ3n) is 6.31. The first-order chi connectivity index (χ1) is 11.6. The Kier molecular flexibility index (Phi) is 7.66. The van der Waals surface area contributed by atoms with Gasteiger partial charge >= 0.3 is 0 Å². The van der Waals surface area contributed by atoms with Gasteiger partial charge in [0.1, 0.15) is 0 Å². The second-order valence-corrected chi connectivity index (χ2v) is 8.68. The van der Waals surface area contributed by atoms with Crippen molar-refractivity contribution in [2.75, 3.05) is 24.5 Å². The summed E-state index contributed by atoms with van der Waals surface area (Å²) >= 11 is 3.54. The molecule has 0 radical (unpaired) electrons. The third-order valence-corrected chi connectivity index (χ3v) is 6.80. The molecule has 1 heterocycles. The lowest BCUT2D eigenvalue weighted by atomic mass is 9.84. The summed E-state index contributed by atoms with van der Waals surface area (Å²) in [5.41, 5.74) is 7.55. The van der Waals surface area contributed by atoms with Crippen molar-refractivity contribution in [1.29, 1.82) is 0 Å². The Hall–Kier alpha value is -0.490. The second kappa shape index (κ2) is 9.13. The number of carbonyl (C=O) groups excluding carboxylic acids is 1. The van der Waals surface area contributed by atoms with Crippen molar-refractivity contribution in [1.82, 2.24) is 5.32 Å². The summed E-state index contributed by atoms with van der Waals surface area (Å²) in [7, 11) is 0. The zero-order valence-corrected chi connectivity index (χ0v) is 18.0. The van der Waals surface area contributed by atoms with Crippen LogP contribution in [0, 0.1) is 23.7 Å². The number of nitrogens with zero attached hydrogens (tertiary/aromatic N) is 1. The number of carbonyl (C=O) groups is 1. The third kappa shape index (κ3) is 4.32. The molecule has 2 saturated carbocycles. The number of fused-ring (bicyclic) bond motifs is 2. The summed E-state index contributed by atoms with van der Waals surface area (Å²) in [6.45, 7) is 2.86. The van der Waals surface area contributed by atoms with Crippen LogP contribution in [0.1, 0.15) is 25.7 Å². The van der Waals surface area contributed by atoms with Crippen LogP contribution in [-0.4, -0.2) is 31.6 Å². The van der Waals surface area contributed by atoms with Gasteiger partial charge in [0.2, 0.25) is 5.91 Å². The number of nitrogens with two attached hydrogens (primary N) is 1. The van der Waals surface area contributed by atoms with Gasteiger partial charge < -0.3 is 16.0 Å². The van der Waals surface area contributed by atoms with E-state index in [9.17, 15) is 4.79 Å². The summed E-state index contributed by atoms with van der Waals surface area (Å²) in [6.07, 6.45) is 4.71. The smallest absolute Gasteiger partial charge is 0.224 e. The normalized spacial score (nSPS) is 32.1. The molecule has 0 spiro atoms. The average molecular weight is 465 g/mol. The zero-order valence-electron chi connectivity index (χ0n) is 14.8. The quantitative estimate of drug-likeness (QED) is 0.715. The first-order valence-corrected chi connectivity index (χ1v) is 9.95. The fourth-order valence-electron chi connectivity index (χ4n) is 4.99.